The molecule has 1 saturated heterocycles. The van der Waals surface area contributed by atoms with Crippen molar-refractivity contribution in [3.8, 4) is 0 Å². The quantitative estimate of drug-likeness (QED) is 0.462. The molecular formula is C17H19ClN4O5. The van der Waals surface area contributed by atoms with Crippen LogP contribution in [0, 0.1) is 16.0 Å². The molecule has 1 aliphatic carbocycles. The number of rotatable bonds is 4. The van der Waals surface area contributed by atoms with E-state index in [2.05, 4.69) is 17.6 Å². The molecule has 1 saturated carbocycles. The number of carbonyl (C=O) groups is 3. The number of amides is 4. The molecule has 4 amide bonds. The van der Waals surface area contributed by atoms with Crippen molar-refractivity contribution < 1.29 is 19.3 Å². The van der Waals surface area contributed by atoms with E-state index in [1.54, 1.807) is 0 Å². The highest BCUT2D eigenvalue weighted by molar-refractivity contribution is 6.32. The molecule has 0 atom stereocenters. The summed E-state index contributed by atoms with van der Waals surface area (Å²) in [6.07, 6.45) is 2.78. The van der Waals surface area contributed by atoms with Gasteiger partial charge in [0, 0.05) is 11.8 Å². The summed E-state index contributed by atoms with van der Waals surface area (Å²) in [7, 11) is 0. The third-order valence-corrected chi connectivity index (χ3v) is 5.42. The third kappa shape index (κ3) is 3.73. The Labute approximate surface area is 160 Å². The average molecular weight is 395 g/mol. The first-order valence-electron chi connectivity index (χ1n) is 8.60. The molecule has 144 valence electrons. The maximum Gasteiger partial charge on any atom is 0.325 e. The smallest absolute Gasteiger partial charge is 0.324 e. The number of urea groups is 1. The monoisotopic (exact) mass is 394 g/mol. The van der Waals surface area contributed by atoms with E-state index in [1.165, 1.54) is 12.1 Å². The van der Waals surface area contributed by atoms with Gasteiger partial charge in [-0.2, -0.15) is 0 Å². The van der Waals surface area contributed by atoms with Crippen LogP contribution < -0.4 is 10.6 Å². The minimum absolute atomic E-state index is 0.0550. The van der Waals surface area contributed by atoms with Gasteiger partial charge in [-0.3, -0.25) is 24.6 Å². The van der Waals surface area contributed by atoms with E-state index in [4.69, 9.17) is 11.6 Å². The summed E-state index contributed by atoms with van der Waals surface area (Å²) in [5, 5.41) is 16.1. The maximum atomic E-state index is 12.7. The van der Waals surface area contributed by atoms with Crippen LogP contribution in [-0.2, 0) is 9.59 Å². The first-order valence-corrected chi connectivity index (χ1v) is 8.97. The Morgan fingerprint density at radius 3 is 2.70 bits per heavy atom. The molecule has 10 heteroatoms. The summed E-state index contributed by atoms with van der Waals surface area (Å²) in [6, 6.07) is 3.23. The predicted molar refractivity (Wildman–Crippen MR) is 97.3 cm³/mol. The highest BCUT2D eigenvalue weighted by Gasteiger charge is 2.52. The Balaban J connectivity index is 1.68. The second kappa shape index (κ2) is 7.15. The van der Waals surface area contributed by atoms with Gasteiger partial charge in [-0.15, -0.1) is 0 Å². The summed E-state index contributed by atoms with van der Waals surface area (Å²) in [5.41, 5.74) is -1.10. The summed E-state index contributed by atoms with van der Waals surface area (Å²) >= 11 is 5.74. The molecule has 9 nitrogen and oxygen atoms in total. The second-order valence-electron chi connectivity index (χ2n) is 7.06. The van der Waals surface area contributed by atoms with Crippen LogP contribution in [0.3, 0.4) is 0 Å². The molecule has 3 rings (SSSR count). The molecule has 1 aliphatic heterocycles. The number of nitro benzene ring substituents is 1. The van der Waals surface area contributed by atoms with Gasteiger partial charge in [-0.1, -0.05) is 18.5 Å². The average Bonchev–Trinajstić information content (AvgIpc) is 2.83. The molecule has 2 aliphatic rings. The number of hydrogen-bond donors (Lipinski definition) is 2. The zero-order valence-electron chi connectivity index (χ0n) is 14.7. The Hall–Kier alpha value is -2.68. The SMILES string of the molecule is CC1CCC2(CC1)NC(=O)N(CC(=O)Nc1ccc(Cl)c([N+](=O)[O-])c1)C2=O. The van der Waals surface area contributed by atoms with Crippen molar-refractivity contribution in [2.75, 3.05) is 11.9 Å². The predicted octanol–water partition coefficient (Wildman–Crippen LogP) is 2.69. The van der Waals surface area contributed by atoms with Crippen molar-refractivity contribution >= 4 is 40.8 Å². The molecule has 0 unspecified atom stereocenters. The minimum Gasteiger partial charge on any atom is -0.324 e. The maximum absolute atomic E-state index is 12.7. The van der Waals surface area contributed by atoms with Crippen LogP contribution in [0.5, 0.6) is 0 Å². The van der Waals surface area contributed by atoms with E-state index in [0.717, 1.165) is 23.8 Å². The Kier molecular flexibility index (Phi) is 5.05. The number of halogens is 1. The first-order chi connectivity index (χ1) is 12.7. The molecule has 0 aromatic heterocycles. The standard InChI is InChI=1S/C17H19ClN4O5/c1-10-4-6-17(7-5-10)15(24)21(16(25)20-17)9-14(23)19-11-2-3-12(18)13(8-11)22(26)27/h2-3,8,10H,4-7,9H2,1H3,(H,19,23)(H,20,25). The van der Waals surface area contributed by atoms with Gasteiger partial charge >= 0.3 is 6.03 Å². The van der Waals surface area contributed by atoms with E-state index >= 15 is 0 Å². The van der Waals surface area contributed by atoms with E-state index in [1.807, 2.05) is 0 Å². The fourth-order valence-electron chi connectivity index (χ4n) is 3.49. The largest absolute Gasteiger partial charge is 0.325 e. The van der Waals surface area contributed by atoms with Gasteiger partial charge in [0.25, 0.3) is 11.6 Å². The van der Waals surface area contributed by atoms with Gasteiger partial charge in [0.2, 0.25) is 5.91 Å². The van der Waals surface area contributed by atoms with Crippen LogP contribution in [0.4, 0.5) is 16.2 Å². The van der Waals surface area contributed by atoms with Crippen LogP contribution in [0.25, 0.3) is 0 Å². The summed E-state index contributed by atoms with van der Waals surface area (Å²) < 4.78 is 0. The molecule has 1 aromatic carbocycles. The molecule has 1 heterocycles. The number of imide groups is 1. The van der Waals surface area contributed by atoms with E-state index in [0.29, 0.717) is 18.8 Å². The lowest BCUT2D eigenvalue weighted by Crippen LogP contribution is -2.49. The van der Waals surface area contributed by atoms with E-state index in [9.17, 15) is 24.5 Å². The van der Waals surface area contributed by atoms with Gasteiger partial charge < -0.3 is 10.6 Å². The van der Waals surface area contributed by atoms with Crippen molar-refractivity contribution in [1.29, 1.82) is 0 Å². The molecule has 2 N–H and O–H groups in total. The Morgan fingerprint density at radius 1 is 1.41 bits per heavy atom. The number of nitrogens with zero attached hydrogens (tertiary/aromatic N) is 2. The van der Waals surface area contributed by atoms with Crippen molar-refractivity contribution in [3.05, 3.63) is 33.3 Å². The molecule has 1 spiro atoms. The molecule has 27 heavy (non-hydrogen) atoms. The lowest BCUT2D eigenvalue weighted by atomic mass is 9.77. The number of nitrogens with one attached hydrogen (secondary N) is 2. The van der Waals surface area contributed by atoms with Crippen LogP contribution in [-0.4, -0.2) is 39.8 Å². The number of benzene rings is 1. The highest BCUT2D eigenvalue weighted by Crippen LogP contribution is 2.36. The van der Waals surface area contributed by atoms with Crippen molar-refractivity contribution in [2.24, 2.45) is 5.92 Å². The topological polar surface area (TPSA) is 122 Å². The van der Waals surface area contributed by atoms with Gasteiger partial charge in [-0.25, -0.2) is 4.79 Å². The fraction of sp³-hybridized carbons (Fsp3) is 0.471. The van der Waals surface area contributed by atoms with Gasteiger partial charge in [0.05, 0.1) is 4.92 Å². The Morgan fingerprint density at radius 2 is 2.07 bits per heavy atom. The first kappa shape index (κ1) is 19.1. The number of carbonyl (C=O) groups excluding carboxylic acids is 3. The molecule has 2 fully saturated rings. The second-order valence-corrected chi connectivity index (χ2v) is 7.46. The van der Waals surface area contributed by atoms with Crippen molar-refractivity contribution in [2.45, 2.75) is 38.1 Å². The summed E-state index contributed by atoms with van der Waals surface area (Å²) in [4.78, 5) is 48.4. The van der Waals surface area contributed by atoms with Crippen LogP contribution in [0.2, 0.25) is 5.02 Å². The molecular weight excluding hydrogens is 376 g/mol. The molecule has 0 bridgehead atoms. The van der Waals surface area contributed by atoms with E-state index < -0.39 is 34.9 Å². The zero-order valence-corrected chi connectivity index (χ0v) is 15.4. The van der Waals surface area contributed by atoms with Crippen molar-refractivity contribution in [3.63, 3.8) is 0 Å². The lowest BCUT2D eigenvalue weighted by Gasteiger charge is -2.33. The number of nitro groups is 1. The molecule has 0 radical (unpaired) electrons. The van der Waals surface area contributed by atoms with Gasteiger partial charge in [0.1, 0.15) is 17.1 Å². The summed E-state index contributed by atoms with van der Waals surface area (Å²) in [5.74, 6) is -0.522. The van der Waals surface area contributed by atoms with Gasteiger partial charge in [-0.05, 0) is 43.7 Å². The highest BCUT2D eigenvalue weighted by atomic mass is 35.5. The van der Waals surface area contributed by atoms with Gasteiger partial charge in [0.15, 0.2) is 0 Å². The molecule has 1 aromatic rings. The zero-order chi connectivity index (χ0) is 19.8. The Bertz CT molecular complexity index is 820. The number of anilines is 1. The van der Waals surface area contributed by atoms with Crippen LogP contribution in [0.15, 0.2) is 18.2 Å². The van der Waals surface area contributed by atoms with Crippen LogP contribution >= 0.6 is 11.6 Å². The van der Waals surface area contributed by atoms with Crippen LogP contribution in [0.1, 0.15) is 32.6 Å². The van der Waals surface area contributed by atoms with Crippen molar-refractivity contribution in [1.82, 2.24) is 10.2 Å². The minimum atomic E-state index is -0.914. The fourth-order valence-corrected chi connectivity index (χ4v) is 3.67. The summed E-state index contributed by atoms with van der Waals surface area (Å²) in [6.45, 7) is 1.64. The normalized spacial score (nSPS) is 24.8. The number of hydrogen-bond acceptors (Lipinski definition) is 5. The third-order valence-electron chi connectivity index (χ3n) is 5.10. The van der Waals surface area contributed by atoms with E-state index in [-0.39, 0.29) is 16.4 Å². The lowest BCUT2D eigenvalue weighted by molar-refractivity contribution is -0.384.